The first-order chi connectivity index (χ1) is 10.9. The predicted octanol–water partition coefficient (Wildman–Crippen LogP) is -0.423. The third kappa shape index (κ3) is 10.9. The molecule has 0 unspecified atom stereocenters. The molecule has 5 N–H and O–H groups in total. The summed E-state index contributed by atoms with van der Waals surface area (Å²) in [6.07, 6.45) is 0.274. The number of esters is 1. The average molecular weight is 333 g/mol. The highest BCUT2D eigenvalue weighted by atomic mass is 16.7. The fraction of sp³-hybridized carbons (Fsp3) is 0.667. The Bertz CT molecular complexity index is 428. The zero-order valence-electron chi connectivity index (χ0n) is 13.4. The van der Waals surface area contributed by atoms with Crippen LogP contribution in [0, 0.1) is 0 Å². The summed E-state index contributed by atoms with van der Waals surface area (Å²) in [5.74, 6) is -0.809. The number of ether oxygens (including phenoxy) is 1. The van der Waals surface area contributed by atoms with E-state index in [-0.39, 0.29) is 5.90 Å². The first-order valence-electron chi connectivity index (χ1n) is 6.92. The number of nitrogens with zero attached hydrogens (tertiary/aromatic N) is 1. The van der Waals surface area contributed by atoms with Crippen molar-refractivity contribution in [3.8, 4) is 0 Å². The molecule has 2 amide bonds. The number of hydrogen-bond donors (Lipinski definition) is 4. The number of nitrogens with two attached hydrogens (primary N) is 1. The third-order valence-corrected chi connectivity index (χ3v) is 2.43. The van der Waals surface area contributed by atoms with Crippen molar-refractivity contribution in [1.82, 2.24) is 16.1 Å². The van der Waals surface area contributed by atoms with Crippen LogP contribution in [0.3, 0.4) is 0 Å². The van der Waals surface area contributed by atoms with Crippen LogP contribution in [0.1, 0.15) is 26.2 Å². The molecule has 0 aromatic heterocycles. The van der Waals surface area contributed by atoms with Gasteiger partial charge in [-0.2, -0.15) is 5.48 Å². The summed E-state index contributed by atoms with van der Waals surface area (Å²) in [5, 5.41) is 7.76. The van der Waals surface area contributed by atoms with Gasteiger partial charge in [0.05, 0.1) is 0 Å². The molecule has 0 aliphatic rings. The van der Waals surface area contributed by atoms with Gasteiger partial charge in [0.15, 0.2) is 0 Å². The van der Waals surface area contributed by atoms with Gasteiger partial charge in [-0.1, -0.05) is 0 Å². The maximum Gasteiger partial charge on any atom is 0.433 e. The molecule has 0 fully saturated rings. The highest BCUT2D eigenvalue weighted by Gasteiger charge is 2.16. The van der Waals surface area contributed by atoms with Crippen LogP contribution in [0.5, 0.6) is 0 Å². The standard InChI is InChI=1S/C12H23N5O6/c1-8(17-23-12(20)15-3)21-10(18)9(13)6-4-5-7-16-22-11(19)14-2/h9,16H,4-7,13H2,1-3H3,(H,14,19)(H,15,20)/t9-/m0/s1. The van der Waals surface area contributed by atoms with E-state index in [0.29, 0.717) is 25.8 Å². The Morgan fingerprint density at radius 1 is 1.13 bits per heavy atom. The summed E-state index contributed by atoms with van der Waals surface area (Å²) < 4.78 is 4.82. The minimum atomic E-state index is -0.833. The molecule has 0 radical (unpaired) electrons. The van der Waals surface area contributed by atoms with E-state index in [2.05, 4.69) is 30.9 Å². The highest BCUT2D eigenvalue weighted by molar-refractivity contribution is 5.89. The van der Waals surface area contributed by atoms with E-state index in [1.165, 1.54) is 21.0 Å². The van der Waals surface area contributed by atoms with E-state index in [0.717, 1.165) is 0 Å². The number of carbonyl (C=O) groups is 3. The normalized spacial score (nSPS) is 12.1. The fourth-order valence-electron chi connectivity index (χ4n) is 1.24. The monoisotopic (exact) mass is 333 g/mol. The fourth-order valence-corrected chi connectivity index (χ4v) is 1.24. The van der Waals surface area contributed by atoms with Crippen LogP contribution < -0.4 is 21.8 Å². The lowest BCUT2D eigenvalue weighted by Gasteiger charge is -2.10. The smallest absolute Gasteiger partial charge is 0.407 e. The Balaban J connectivity index is 3.85. The van der Waals surface area contributed by atoms with Crippen LogP contribution in [-0.4, -0.2) is 50.7 Å². The molecule has 0 aromatic carbocycles. The summed E-state index contributed by atoms with van der Waals surface area (Å²) in [7, 11) is 2.81. The zero-order chi connectivity index (χ0) is 17.7. The van der Waals surface area contributed by atoms with Crippen molar-refractivity contribution in [2.24, 2.45) is 10.9 Å². The minimum Gasteiger partial charge on any atom is -0.407 e. The maximum absolute atomic E-state index is 11.6. The van der Waals surface area contributed by atoms with Gasteiger partial charge in [0.2, 0.25) is 5.90 Å². The molecule has 0 saturated carbocycles. The first-order valence-corrected chi connectivity index (χ1v) is 6.92. The molecular weight excluding hydrogens is 310 g/mol. The third-order valence-electron chi connectivity index (χ3n) is 2.43. The summed E-state index contributed by atoms with van der Waals surface area (Å²) >= 11 is 0. The van der Waals surface area contributed by atoms with E-state index in [1.54, 1.807) is 0 Å². The quantitative estimate of drug-likeness (QED) is 0.117. The Hall–Kier alpha value is -2.40. The first kappa shape index (κ1) is 20.6. The number of nitrogens with one attached hydrogen (secondary N) is 3. The van der Waals surface area contributed by atoms with Crippen molar-refractivity contribution in [2.45, 2.75) is 32.2 Å². The summed E-state index contributed by atoms with van der Waals surface area (Å²) in [4.78, 5) is 42.1. The van der Waals surface area contributed by atoms with Crippen molar-refractivity contribution in [3.05, 3.63) is 0 Å². The molecule has 132 valence electrons. The van der Waals surface area contributed by atoms with Gasteiger partial charge in [-0.3, -0.25) is 4.84 Å². The van der Waals surface area contributed by atoms with Gasteiger partial charge >= 0.3 is 18.2 Å². The van der Waals surface area contributed by atoms with Crippen LogP contribution in [0.15, 0.2) is 5.16 Å². The Morgan fingerprint density at radius 3 is 2.39 bits per heavy atom. The van der Waals surface area contributed by atoms with E-state index in [9.17, 15) is 14.4 Å². The van der Waals surface area contributed by atoms with Crippen LogP contribution in [0.2, 0.25) is 0 Å². The van der Waals surface area contributed by atoms with Crippen LogP contribution >= 0.6 is 0 Å². The molecule has 1 atom stereocenters. The maximum atomic E-state index is 11.6. The molecule has 0 aliphatic heterocycles. The lowest BCUT2D eigenvalue weighted by atomic mass is 10.1. The second-order valence-electron chi connectivity index (χ2n) is 4.30. The number of rotatable bonds is 8. The minimum absolute atomic E-state index is 0.130. The van der Waals surface area contributed by atoms with Crippen molar-refractivity contribution < 1.29 is 28.8 Å². The van der Waals surface area contributed by atoms with Gasteiger partial charge in [-0.15, -0.1) is 0 Å². The molecule has 23 heavy (non-hydrogen) atoms. The molecule has 0 saturated heterocycles. The number of carbonyl (C=O) groups excluding carboxylic acids is 3. The number of oxime groups is 1. The van der Waals surface area contributed by atoms with Crippen molar-refractivity contribution in [3.63, 3.8) is 0 Å². The summed E-state index contributed by atoms with van der Waals surface area (Å²) in [6, 6.07) is -0.833. The molecule has 0 aromatic rings. The molecule has 0 bridgehead atoms. The second-order valence-corrected chi connectivity index (χ2v) is 4.30. The van der Waals surface area contributed by atoms with Gasteiger partial charge in [0.1, 0.15) is 6.04 Å². The Labute approximate surface area is 133 Å². The van der Waals surface area contributed by atoms with Crippen molar-refractivity contribution in [2.75, 3.05) is 20.6 Å². The molecule has 0 rings (SSSR count). The zero-order valence-corrected chi connectivity index (χ0v) is 13.4. The number of unbranched alkanes of at least 4 members (excludes halogenated alkanes) is 1. The Morgan fingerprint density at radius 2 is 1.78 bits per heavy atom. The van der Waals surface area contributed by atoms with E-state index < -0.39 is 24.2 Å². The average Bonchev–Trinajstić information content (AvgIpc) is 2.54. The second kappa shape index (κ2) is 12.2. The summed E-state index contributed by atoms with van der Waals surface area (Å²) in [5.41, 5.74) is 8.13. The van der Waals surface area contributed by atoms with E-state index >= 15 is 0 Å². The lowest BCUT2D eigenvalue weighted by molar-refractivity contribution is -0.137. The number of hydrogen-bond acceptors (Lipinski definition) is 9. The van der Waals surface area contributed by atoms with Crippen LogP contribution in [0.25, 0.3) is 0 Å². The lowest BCUT2D eigenvalue weighted by Crippen LogP contribution is -2.33. The Kier molecular flexibility index (Phi) is 10.9. The van der Waals surface area contributed by atoms with Crippen molar-refractivity contribution >= 4 is 24.1 Å². The van der Waals surface area contributed by atoms with Crippen LogP contribution in [0.4, 0.5) is 9.59 Å². The topological polar surface area (TPSA) is 153 Å². The molecule has 0 spiro atoms. The highest BCUT2D eigenvalue weighted by Crippen LogP contribution is 2.01. The van der Waals surface area contributed by atoms with Gasteiger partial charge in [-0.05, 0) is 24.4 Å². The predicted molar refractivity (Wildman–Crippen MR) is 80.1 cm³/mol. The van der Waals surface area contributed by atoms with Gasteiger partial charge in [0, 0.05) is 27.6 Å². The molecule has 0 heterocycles. The largest absolute Gasteiger partial charge is 0.433 e. The van der Waals surface area contributed by atoms with Crippen molar-refractivity contribution in [1.29, 1.82) is 0 Å². The van der Waals surface area contributed by atoms with Gasteiger partial charge in [-0.25, -0.2) is 14.4 Å². The molecular formula is C12H23N5O6. The molecule has 11 heteroatoms. The molecule has 11 nitrogen and oxygen atoms in total. The SMILES string of the molecule is CNC(=O)ON=C(C)OC(=O)[C@@H](N)CCCCNOC(=O)NC. The van der Waals surface area contributed by atoms with E-state index in [1.807, 2.05) is 0 Å². The van der Waals surface area contributed by atoms with Gasteiger partial charge in [0.25, 0.3) is 0 Å². The number of hydroxylamine groups is 1. The van der Waals surface area contributed by atoms with E-state index in [4.69, 9.17) is 10.5 Å². The van der Waals surface area contributed by atoms with Crippen LogP contribution in [-0.2, 0) is 19.2 Å². The summed E-state index contributed by atoms with van der Waals surface area (Å²) in [6.45, 7) is 1.78. The van der Waals surface area contributed by atoms with Gasteiger partial charge < -0.3 is 25.9 Å². The molecule has 0 aliphatic carbocycles. The number of amides is 2.